The summed E-state index contributed by atoms with van der Waals surface area (Å²) < 4.78 is 32.9. The lowest BCUT2D eigenvalue weighted by molar-refractivity contribution is 0.356. The first kappa shape index (κ1) is 15.6. The van der Waals surface area contributed by atoms with Crippen LogP contribution in [0.15, 0.2) is 47.5 Å². The fourth-order valence-electron chi connectivity index (χ4n) is 3.47. The van der Waals surface area contributed by atoms with E-state index in [9.17, 15) is 8.42 Å². The summed E-state index contributed by atoms with van der Waals surface area (Å²) in [6.07, 6.45) is 4.27. The first-order chi connectivity index (χ1) is 11.6. The van der Waals surface area contributed by atoms with Gasteiger partial charge in [-0.2, -0.15) is 4.31 Å². The second-order valence-electron chi connectivity index (χ2n) is 6.41. The number of pyridine rings is 1. The third-order valence-corrected chi connectivity index (χ3v) is 6.63. The number of ether oxygens (including phenoxy) is 1. The van der Waals surface area contributed by atoms with E-state index >= 15 is 0 Å². The van der Waals surface area contributed by atoms with Crippen molar-refractivity contribution in [1.82, 2.24) is 9.29 Å². The summed E-state index contributed by atoms with van der Waals surface area (Å²) in [6, 6.07) is 11.1. The zero-order valence-electron chi connectivity index (χ0n) is 13.4. The van der Waals surface area contributed by atoms with Crippen LogP contribution in [0.1, 0.15) is 17.7 Å². The highest BCUT2D eigenvalue weighted by Crippen LogP contribution is 2.31. The molecule has 2 aliphatic heterocycles. The molecule has 0 bridgehead atoms. The van der Waals surface area contributed by atoms with E-state index in [1.165, 1.54) is 0 Å². The molecule has 3 heterocycles. The van der Waals surface area contributed by atoms with Crippen molar-refractivity contribution in [2.24, 2.45) is 5.92 Å². The zero-order chi connectivity index (χ0) is 16.6. The van der Waals surface area contributed by atoms with E-state index in [1.54, 1.807) is 28.7 Å². The van der Waals surface area contributed by atoms with Gasteiger partial charge in [-0.05, 0) is 54.7 Å². The van der Waals surface area contributed by atoms with Crippen molar-refractivity contribution in [1.29, 1.82) is 0 Å². The van der Waals surface area contributed by atoms with E-state index in [4.69, 9.17) is 4.74 Å². The molecule has 5 nitrogen and oxygen atoms in total. The molecule has 1 atom stereocenters. The molecule has 0 saturated carbocycles. The highest BCUT2D eigenvalue weighted by atomic mass is 32.2. The molecule has 126 valence electrons. The van der Waals surface area contributed by atoms with Crippen LogP contribution in [0.3, 0.4) is 0 Å². The molecule has 0 spiro atoms. The summed E-state index contributed by atoms with van der Waals surface area (Å²) in [7, 11) is -3.43. The van der Waals surface area contributed by atoms with Gasteiger partial charge in [0.15, 0.2) is 0 Å². The van der Waals surface area contributed by atoms with Gasteiger partial charge in [-0.25, -0.2) is 8.42 Å². The minimum absolute atomic E-state index is 0.326. The monoisotopic (exact) mass is 344 g/mol. The average molecular weight is 344 g/mol. The molecule has 2 aliphatic rings. The average Bonchev–Trinajstić information content (AvgIpc) is 3.24. The maximum absolute atomic E-state index is 12.9. The summed E-state index contributed by atoms with van der Waals surface area (Å²) in [5.41, 5.74) is 2.01. The Balaban J connectivity index is 1.49. The third kappa shape index (κ3) is 2.91. The van der Waals surface area contributed by atoms with Gasteiger partial charge >= 0.3 is 0 Å². The predicted molar refractivity (Wildman–Crippen MR) is 90.4 cm³/mol. The summed E-state index contributed by atoms with van der Waals surface area (Å²) in [4.78, 5) is 4.72. The van der Waals surface area contributed by atoms with Gasteiger partial charge < -0.3 is 4.74 Å². The summed E-state index contributed by atoms with van der Waals surface area (Å²) in [6.45, 7) is 1.77. The molecule has 1 saturated heterocycles. The number of hydrogen-bond donors (Lipinski definition) is 0. The molecule has 0 aliphatic carbocycles. The number of rotatable bonds is 4. The van der Waals surface area contributed by atoms with Crippen LogP contribution in [0, 0.1) is 5.92 Å². The van der Waals surface area contributed by atoms with E-state index in [0.29, 0.717) is 30.5 Å². The SMILES string of the molecule is O=S(=O)(c1ccc2c(c1)CCO2)N1CCC(Cc2ccccn2)C1. The third-order valence-electron chi connectivity index (χ3n) is 4.77. The number of sulfonamides is 1. The second kappa shape index (κ2) is 6.18. The van der Waals surface area contributed by atoms with Crippen molar-refractivity contribution in [3.8, 4) is 5.75 Å². The van der Waals surface area contributed by atoms with Crippen molar-refractivity contribution in [2.75, 3.05) is 19.7 Å². The fraction of sp³-hybridized carbons (Fsp3) is 0.389. The molecular formula is C18H20N2O3S. The van der Waals surface area contributed by atoms with Crippen LogP contribution < -0.4 is 4.74 Å². The zero-order valence-corrected chi connectivity index (χ0v) is 14.2. The minimum atomic E-state index is -3.43. The molecule has 1 unspecified atom stereocenters. The Labute approximate surface area is 142 Å². The van der Waals surface area contributed by atoms with Crippen LogP contribution in [0.25, 0.3) is 0 Å². The number of hydrogen-bond acceptors (Lipinski definition) is 4. The van der Waals surface area contributed by atoms with Crippen LogP contribution >= 0.6 is 0 Å². The minimum Gasteiger partial charge on any atom is -0.493 e. The molecule has 0 N–H and O–H groups in total. The first-order valence-corrected chi connectivity index (χ1v) is 9.73. The van der Waals surface area contributed by atoms with E-state index in [-0.39, 0.29) is 0 Å². The second-order valence-corrected chi connectivity index (χ2v) is 8.35. The molecule has 24 heavy (non-hydrogen) atoms. The topological polar surface area (TPSA) is 59.5 Å². The Hall–Kier alpha value is -1.92. The molecule has 1 aromatic heterocycles. The highest BCUT2D eigenvalue weighted by molar-refractivity contribution is 7.89. The Morgan fingerprint density at radius 1 is 1.25 bits per heavy atom. The quantitative estimate of drug-likeness (QED) is 0.854. The molecule has 6 heteroatoms. The van der Waals surface area contributed by atoms with E-state index in [2.05, 4.69) is 4.98 Å². The molecule has 2 aromatic rings. The van der Waals surface area contributed by atoms with Crippen LogP contribution in [-0.2, 0) is 22.9 Å². The van der Waals surface area contributed by atoms with Crippen LogP contribution in [0.4, 0.5) is 0 Å². The maximum atomic E-state index is 12.9. The molecule has 0 amide bonds. The Morgan fingerprint density at radius 2 is 2.17 bits per heavy atom. The summed E-state index contributed by atoms with van der Waals surface area (Å²) in [5.74, 6) is 1.14. The molecular weight excluding hydrogens is 324 g/mol. The number of fused-ring (bicyclic) bond motifs is 1. The van der Waals surface area contributed by atoms with Crippen LogP contribution in [0.2, 0.25) is 0 Å². The van der Waals surface area contributed by atoms with Crippen LogP contribution in [-0.4, -0.2) is 37.4 Å². The van der Waals surface area contributed by atoms with Crippen molar-refractivity contribution in [2.45, 2.75) is 24.2 Å². The van der Waals surface area contributed by atoms with Gasteiger partial charge in [0.05, 0.1) is 11.5 Å². The molecule has 4 rings (SSSR count). The Bertz CT molecular complexity index is 837. The van der Waals surface area contributed by atoms with Gasteiger partial charge in [-0.15, -0.1) is 0 Å². The maximum Gasteiger partial charge on any atom is 0.243 e. The van der Waals surface area contributed by atoms with Gasteiger partial charge in [-0.3, -0.25) is 4.98 Å². The van der Waals surface area contributed by atoms with Crippen molar-refractivity contribution >= 4 is 10.0 Å². The predicted octanol–water partition coefficient (Wildman–Crippen LogP) is 2.27. The Kier molecular flexibility index (Phi) is 4.02. The first-order valence-electron chi connectivity index (χ1n) is 8.29. The number of nitrogens with zero attached hydrogens (tertiary/aromatic N) is 2. The molecule has 1 aromatic carbocycles. The van der Waals surface area contributed by atoms with Gasteiger partial charge in [0.25, 0.3) is 0 Å². The highest BCUT2D eigenvalue weighted by Gasteiger charge is 2.33. The van der Waals surface area contributed by atoms with Crippen molar-refractivity contribution < 1.29 is 13.2 Å². The van der Waals surface area contributed by atoms with Gasteiger partial charge in [0.2, 0.25) is 10.0 Å². The standard InChI is InChI=1S/C18H20N2O3S/c21-24(22,17-4-5-18-15(12-17)7-10-23-18)20-9-6-14(13-20)11-16-3-1-2-8-19-16/h1-5,8,12,14H,6-7,9-11,13H2. The number of benzene rings is 1. The molecule has 1 fully saturated rings. The number of aromatic nitrogens is 1. The summed E-state index contributed by atoms with van der Waals surface area (Å²) >= 11 is 0. The lowest BCUT2D eigenvalue weighted by atomic mass is 10.0. The van der Waals surface area contributed by atoms with Crippen LogP contribution in [0.5, 0.6) is 5.75 Å². The molecule has 0 radical (unpaired) electrons. The van der Waals surface area contributed by atoms with Crippen molar-refractivity contribution in [3.05, 3.63) is 53.9 Å². The van der Waals surface area contributed by atoms with E-state index in [0.717, 1.165) is 36.3 Å². The fourth-order valence-corrected chi connectivity index (χ4v) is 5.05. The van der Waals surface area contributed by atoms with Gasteiger partial charge in [0.1, 0.15) is 5.75 Å². The largest absolute Gasteiger partial charge is 0.493 e. The lowest BCUT2D eigenvalue weighted by Crippen LogP contribution is -2.29. The smallest absolute Gasteiger partial charge is 0.243 e. The van der Waals surface area contributed by atoms with E-state index in [1.807, 2.05) is 18.2 Å². The Morgan fingerprint density at radius 3 is 3.00 bits per heavy atom. The summed E-state index contributed by atoms with van der Waals surface area (Å²) in [5, 5.41) is 0. The normalized spacial score (nSPS) is 20.8. The lowest BCUT2D eigenvalue weighted by Gasteiger charge is -2.17. The van der Waals surface area contributed by atoms with Gasteiger partial charge in [0, 0.05) is 31.4 Å². The van der Waals surface area contributed by atoms with Crippen molar-refractivity contribution in [3.63, 3.8) is 0 Å². The van der Waals surface area contributed by atoms with E-state index < -0.39 is 10.0 Å². The van der Waals surface area contributed by atoms with Gasteiger partial charge in [-0.1, -0.05) is 6.07 Å².